The third-order valence-corrected chi connectivity index (χ3v) is 7.12. The van der Waals surface area contributed by atoms with Gasteiger partial charge in [0.05, 0.1) is 6.04 Å². The third-order valence-electron chi connectivity index (χ3n) is 7.12. The number of ether oxygens (including phenoxy) is 1. The van der Waals surface area contributed by atoms with Crippen molar-refractivity contribution in [1.82, 2.24) is 20.6 Å². The Labute approximate surface area is 237 Å². The summed E-state index contributed by atoms with van der Waals surface area (Å²) in [5.74, 6) is -1.54. The second kappa shape index (κ2) is 12.5. The zero-order chi connectivity index (χ0) is 28.8. The van der Waals surface area contributed by atoms with Gasteiger partial charge >= 0.3 is 5.97 Å². The van der Waals surface area contributed by atoms with Crippen molar-refractivity contribution in [2.75, 3.05) is 0 Å². The monoisotopic (exact) mass is 551 g/mol. The van der Waals surface area contributed by atoms with Crippen molar-refractivity contribution in [3.05, 3.63) is 108 Å². The minimum atomic E-state index is -0.972. The normalized spacial score (nSPS) is 13.4. The van der Waals surface area contributed by atoms with Crippen LogP contribution < -0.4 is 16.4 Å². The smallest absolute Gasteiger partial charge is 0.328 e. The number of rotatable bonds is 11. The molecule has 3 atom stereocenters. The number of para-hydroxylation sites is 2. The summed E-state index contributed by atoms with van der Waals surface area (Å²) in [6.07, 6.45) is 4.16. The second-order valence-electron chi connectivity index (χ2n) is 10.1. The molecule has 0 spiro atoms. The fourth-order valence-corrected chi connectivity index (χ4v) is 4.87. The fraction of sp³-hybridized carbons (Fsp3) is 0.219. The van der Waals surface area contributed by atoms with Crippen LogP contribution in [0.25, 0.3) is 21.8 Å². The Balaban J connectivity index is 1.28. The average Bonchev–Trinajstić information content (AvgIpc) is 3.60. The molecule has 0 saturated carbocycles. The van der Waals surface area contributed by atoms with Crippen molar-refractivity contribution in [1.29, 1.82) is 0 Å². The van der Waals surface area contributed by atoms with E-state index in [1.54, 1.807) is 6.92 Å². The van der Waals surface area contributed by atoms with Crippen LogP contribution in [-0.2, 0) is 38.6 Å². The van der Waals surface area contributed by atoms with Gasteiger partial charge in [0.15, 0.2) is 0 Å². The molecule has 9 nitrogen and oxygen atoms in total. The van der Waals surface area contributed by atoms with Gasteiger partial charge in [0.2, 0.25) is 11.8 Å². The van der Waals surface area contributed by atoms with Gasteiger partial charge in [0.25, 0.3) is 0 Å². The van der Waals surface area contributed by atoms with Crippen LogP contribution in [0.1, 0.15) is 23.6 Å². The van der Waals surface area contributed by atoms with Gasteiger partial charge in [0.1, 0.15) is 18.7 Å². The van der Waals surface area contributed by atoms with Gasteiger partial charge in [-0.3, -0.25) is 9.59 Å². The van der Waals surface area contributed by atoms with Crippen molar-refractivity contribution >= 4 is 39.6 Å². The first-order valence-electron chi connectivity index (χ1n) is 13.6. The molecule has 0 aliphatic heterocycles. The number of hydrogen-bond donors (Lipinski definition) is 5. The highest BCUT2D eigenvalue weighted by Crippen LogP contribution is 2.21. The lowest BCUT2D eigenvalue weighted by Gasteiger charge is -2.22. The molecule has 5 aromatic rings. The van der Waals surface area contributed by atoms with Crippen LogP contribution in [0.5, 0.6) is 0 Å². The van der Waals surface area contributed by atoms with Crippen LogP contribution in [0.15, 0.2) is 91.3 Å². The average molecular weight is 552 g/mol. The third kappa shape index (κ3) is 6.64. The van der Waals surface area contributed by atoms with E-state index in [9.17, 15) is 14.4 Å². The van der Waals surface area contributed by atoms with Crippen LogP contribution in [0, 0.1) is 0 Å². The summed E-state index contributed by atoms with van der Waals surface area (Å²) < 4.78 is 5.38. The molecule has 3 unspecified atom stereocenters. The largest absolute Gasteiger partial charge is 0.459 e. The lowest BCUT2D eigenvalue weighted by atomic mass is 10.0. The molecule has 0 radical (unpaired) electrons. The van der Waals surface area contributed by atoms with Crippen molar-refractivity contribution in [2.45, 2.75) is 44.5 Å². The highest BCUT2D eigenvalue weighted by atomic mass is 16.5. The quantitative estimate of drug-likeness (QED) is 0.160. The highest BCUT2D eigenvalue weighted by Gasteiger charge is 2.28. The van der Waals surface area contributed by atoms with Crippen LogP contribution >= 0.6 is 0 Å². The van der Waals surface area contributed by atoms with Crippen molar-refractivity contribution < 1.29 is 19.1 Å². The summed E-state index contributed by atoms with van der Waals surface area (Å²) in [5, 5.41) is 7.47. The topological polar surface area (TPSA) is 142 Å². The Morgan fingerprint density at radius 2 is 1.32 bits per heavy atom. The number of aromatic amines is 2. The van der Waals surface area contributed by atoms with E-state index in [4.69, 9.17) is 10.5 Å². The number of carbonyl (C=O) groups excluding carboxylic acids is 3. The maximum absolute atomic E-state index is 13.5. The summed E-state index contributed by atoms with van der Waals surface area (Å²) in [6, 6.07) is 22.0. The Morgan fingerprint density at radius 1 is 0.756 bits per heavy atom. The lowest BCUT2D eigenvalue weighted by Crippen LogP contribution is -2.55. The van der Waals surface area contributed by atoms with E-state index in [0.717, 1.165) is 38.5 Å². The Kier molecular flexibility index (Phi) is 8.45. The number of esters is 1. The summed E-state index contributed by atoms with van der Waals surface area (Å²) in [6.45, 7) is 1.65. The van der Waals surface area contributed by atoms with Crippen molar-refractivity contribution in [3.63, 3.8) is 0 Å². The zero-order valence-corrected chi connectivity index (χ0v) is 22.7. The minimum Gasteiger partial charge on any atom is -0.459 e. The standard InChI is InChI=1S/C32H33N5O4/c1-20(32(40)41-19-21-9-3-2-4-10-21)36-31(39)29(16-23-18-35-28-14-8-6-12-25(23)28)37-30(38)26(33)15-22-17-34-27-13-7-5-11-24(22)27/h2-14,17-18,20,26,29,34-35H,15-16,19,33H2,1H3,(H,36,39)(H,37,38). The molecule has 2 aromatic heterocycles. The summed E-state index contributed by atoms with van der Waals surface area (Å²) in [4.78, 5) is 45.7. The fourth-order valence-electron chi connectivity index (χ4n) is 4.87. The minimum absolute atomic E-state index is 0.0953. The summed E-state index contributed by atoms with van der Waals surface area (Å²) in [7, 11) is 0. The predicted octanol–water partition coefficient (Wildman–Crippen LogP) is 3.49. The molecule has 0 fully saturated rings. The molecule has 0 saturated heterocycles. The highest BCUT2D eigenvalue weighted by molar-refractivity contribution is 5.93. The number of fused-ring (bicyclic) bond motifs is 2. The van der Waals surface area contributed by atoms with E-state index < -0.39 is 35.9 Å². The summed E-state index contributed by atoms with van der Waals surface area (Å²) >= 11 is 0. The van der Waals surface area contributed by atoms with Gasteiger partial charge in [-0.05, 0) is 42.2 Å². The molecule has 41 heavy (non-hydrogen) atoms. The van der Waals surface area contributed by atoms with E-state index in [-0.39, 0.29) is 13.0 Å². The number of nitrogens with two attached hydrogens (primary N) is 1. The Bertz CT molecular complexity index is 1660. The number of H-pyrrole nitrogens is 2. The van der Waals surface area contributed by atoms with E-state index in [1.807, 2.05) is 91.3 Å². The maximum Gasteiger partial charge on any atom is 0.328 e. The molecule has 210 valence electrons. The van der Waals surface area contributed by atoms with E-state index >= 15 is 0 Å². The molecule has 6 N–H and O–H groups in total. The van der Waals surface area contributed by atoms with Crippen LogP contribution in [0.2, 0.25) is 0 Å². The van der Waals surface area contributed by atoms with Gasteiger partial charge < -0.3 is 31.1 Å². The van der Waals surface area contributed by atoms with Crippen LogP contribution in [0.4, 0.5) is 0 Å². The molecule has 3 aromatic carbocycles. The molecule has 2 heterocycles. The molecular weight excluding hydrogens is 518 g/mol. The first kappa shape index (κ1) is 27.7. The van der Waals surface area contributed by atoms with E-state index in [0.29, 0.717) is 6.42 Å². The van der Waals surface area contributed by atoms with Gasteiger partial charge in [-0.25, -0.2) is 4.79 Å². The predicted molar refractivity (Wildman–Crippen MR) is 158 cm³/mol. The zero-order valence-electron chi connectivity index (χ0n) is 22.7. The number of nitrogens with one attached hydrogen (secondary N) is 4. The van der Waals surface area contributed by atoms with Gasteiger partial charge in [0, 0.05) is 40.6 Å². The number of hydrogen-bond acceptors (Lipinski definition) is 5. The molecule has 5 rings (SSSR count). The lowest BCUT2D eigenvalue weighted by molar-refractivity contribution is -0.148. The van der Waals surface area contributed by atoms with Crippen molar-refractivity contribution in [2.24, 2.45) is 5.73 Å². The van der Waals surface area contributed by atoms with Gasteiger partial charge in [-0.15, -0.1) is 0 Å². The second-order valence-corrected chi connectivity index (χ2v) is 10.1. The maximum atomic E-state index is 13.5. The number of amides is 2. The molecule has 9 heteroatoms. The SMILES string of the molecule is CC(NC(=O)C(Cc1c[nH]c2ccccc12)NC(=O)C(N)Cc1c[nH]c2ccccc12)C(=O)OCc1ccccc1. The van der Waals surface area contributed by atoms with Crippen LogP contribution in [-0.4, -0.2) is 45.9 Å². The Hall–Kier alpha value is -4.89. The van der Waals surface area contributed by atoms with Gasteiger partial charge in [-0.2, -0.15) is 0 Å². The molecule has 0 bridgehead atoms. The number of carbonyl (C=O) groups is 3. The van der Waals surface area contributed by atoms with Crippen molar-refractivity contribution in [3.8, 4) is 0 Å². The van der Waals surface area contributed by atoms with Crippen LogP contribution in [0.3, 0.4) is 0 Å². The molecule has 0 aliphatic rings. The molecule has 0 aliphatic carbocycles. The van der Waals surface area contributed by atoms with E-state index in [1.165, 1.54) is 0 Å². The summed E-state index contributed by atoms with van der Waals surface area (Å²) in [5.41, 5.74) is 10.8. The van der Waals surface area contributed by atoms with Gasteiger partial charge in [-0.1, -0.05) is 66.7 Å². The first-order chi connectivity index (χ1) is 19.9. The number of benzene rings is 3. The number of aromatic nitrogens is 2. The molecular formula is C32H33N5O4. The Morgan fingerprint density at radius 3 is 1.95 bits per heavy atom. The first-order valence-corrected chi connectivity index (χ1v) is 13.6. The van der Waals surface area contributed by atoms with E-state index in [2.05, 4.69) is 20.6 Å². The molecule has 2 amide bonds.